The van der Waals surface area contributed by atoms with Crippen LogP contribution in [-0.4, -0.2) is 89.2 Å². The van der Waals surface area contributed by atoms with Crippen molar-refractivity contribution in [2.45, 2.75) is 118 Å². The zero-order valence-electron chi connectivity index (χ0n) is 32.6. The molecule has 3 fully saturated rings. The van der Waals surface area contributed by atoms with Crippen LogP contribution in [0.15, 0.2) is 30.3 Å². The average molecular weight is 722 g/mol. The lowest BCUT2D eigenvalue weighted by atomic mass is 9.83. The van der Waals surface area contributed by atoms with E-state index >= 15 is 0 Å². The molecule has 2 saturated carbocycles. The van der Waals surface area contributed by atoms with Crippen molar-refractivity contribution in [3.63, 3.8) is 0 Å². The van der Waals surface area contributed by atoms with Crippen LogP contribution in [0.1, 0.15) is 106 Å². The zero-order valence-corrected chi connectivity index (χ0v) is 32.6. The molecule has 2 aliphatic carbocycles. The summed E-state index contributed by atoms with van der Waals surface area (Å²) in [6.07, 6.45) is 1.41. The second-order valence-electron chi connectivity index (χ2n) is 18.0. The molecule has 1 heterocycles. The molecular formula is C40H59N5O7. The Labute approximate surface area is 308 Å². The van der Waals surface area contributed by atoms with Crippen LogP contribution in [0.25, 0.3) is 0 Å². The molecule has 6 atom stereocenters. The van der Waals surface area contributed by atoms with Crippen molar-refractivity contribution >= 4 is 41.1 Å². The summed E-state index contributed by atoms with van der Waals surface area (Å²) in [5.41, 5.74) is -0.756. The maximum atomic E-state index is 14.3. The van der Waals surface area contributed by atoms with Crippen molar-refractivity contribution in [1.82, 2.24) is 25.8 Å². The monoisotopic (exact) mass is 721 g/mol. The zero-order chi connectivity index (χ0) is 38.9. The van der Waals surface area contributed by atoms with E-state index < -0.39 is 58.5 Å². The number of likely N-dealkylation sites (N-methyl/N-ethyl adjacent to an activating group) is 1. The summed E-state index contributed by atoms with van der Waals surface area (Å²) >= 11 is 0. The summed E-state index contributed by atoms with van der Waals surface area (Å²) in [4.78, 5) is 97.3. The number of carbonyl (C=O) groups is 7. The molecule has 286 valence electrons. The van der Waals surface area contributed by atoms with Crippen LogP contribution in [0.4, 0.5) is 4.79 Å². The van der Waals surface area contributed by atoms with Crippen molar-refractivity contribution in [1.29, 1.82) is 0 Å². The van der Waals surface area contributed by atoms with Gasteiger partial charge in [0.15, 0.2) is 11.6 Å². The Morgan fingerprint density at radius 1 is 0.904 bits per heavy atom. The molecule has 52 heavy (non-hydrogen) atoms. The highest BCUT2D eigenvalue weighted by Gasteiger charge is 2.69. The molecule has 3 N–H and O–H groups in total. The van der Waals surface area contributed by atoms with Crippen molar-refractivity contribution in [3.05, 3.63) is 35.9 Å². The summed E-state index contributed by atoms with van der Waals surface area (Å²) in [5, 5.41) is 8.42. The van der Waals surface area contributed by atoms with Gasteiger partial charge in [0.25, 0.3) is 0 Å². The highest BCUT2D eigenvalue weighted by Crippen LogP contribution is 2.65. The van der Waals surface area contributed by atoms with Crippen LogP contribution in [-0.2, 0) is 28.8 Å². The number of nitrogens with zero attached hydrogens (tertiary/aromatic N) is 2. The van der Waals surface area contributed by atoms with E-state index in [1.165, 1.54) is 4.90 Å². The SMILES string of the molecule is CN(C)C(=O)[C@@H](NC(=O)CCC(=O)C(=O)C(CC(=O)[C@@H]1[C@@H]2C(CN1C(=O)[C@@H](NC(=O)NC(C)(C)C)C(C)(C)C)C2(C)C)CC1CC1)c1ccccc1. The van der Waals surface area contributed by atoms with E-state index in [0.29, 0.717) is 18.5 Å². The second kappa shape index (κ2) is 15.5. The van der Waals surface area contributed by atoms with Gasteiger partial charge in [0.05, 0.1) is 6.04 Å². The summed E-state index contributed by atoms with van der Waals surface area (Å²) < 4.78 is 0. The predicted octanol–water partition coefficient (Wildman–Crippen LogP) is 4.22. The van der Waals surface area contributed by atoms with Gasteiger partial charge < -0.3 is 25.8 Å². The molecule has 1 aliphatic heterocycles. The fourth-order valence-corrected chi connectivity index (χ4v) is 7.61. The van der Waals surface area contributed by atoms with Crippen LogP contribution in [0.3, 0.4) is 0 Å². The van der Waals surface area contributed by atoms with E-state index in [9.17, 15) is 33.6 Å². The topological polar surface area (TPSA) is 162 Å². The standard InChI is InChI=1S/C40H59N5O7/c1-38(2,3)34(42-37(52)43-39(4,5)6)36(51)45-22-26-30(40(26,7)8)32(45)28(47)21-25(20-23-16-17-23)33(49)27(46)18-19-29(48)41-31(35(50)44(9)10)24-14-12-11-13-15-24/h11-15,23,25-26,30-32,34H,16-22H2,1-10H3,(H,41,48)(H2,42,43,52)/t25?,26?,30-,31-,32+,34+/m0/s1. The molecule has 5 amide bonds. The lowest BCUT2D eigenvalue weighted by Crippen LogP contribution is -2.60. The number of piperidine rings is 1. The molecule has 1 aromatic rings. The maximum Gasteiger partial charge on any atom is 0.315 e. The number of fused-ring (bicyclic) bond motifs is 1. The number of benzene rings is 1. The van der Waals surface area contributed by atoms with E-state index in [2.05, 4.69) is 29.8 Å². The molecule has 3 aliphatic rings. The van der Waals surface area contributed by atoms with Crippen molar-refractivity contribution in [2.24, 2.45) is 34.5 Å². The number of hydrogen-bond acceptors (Lipinski definition) is 7. The van der Waals surface area contributed by atoms with Crippen LogP contribution in [0.5, 0.6) is 0 Å². The third-order valence-electron chi connectivity index (χ3n) is 10.8. The second-order valence-corrected chi connectivity index (χ2v) is 18.0. The van der Waals surface area contributed by atoms with Gasteiger partial charge in [-0.2, -0.15) is 0 Å². The van der Waals surface area contributed by atoms with E-state index in [-0.39, 0.29) is 60.0 Å². The number of carbonyl (C=O) groups excluding carboxylic acids is 7. The van der Waals surface area contributed by atoms with Gasteiger partial charge in [-0.25, -0.2) is 4.79 Å². The first-order valence-corrected chi connectivity index (χ1v) is 18.6. The predicted molar refractivity (Wildman–Crippen MR) is 197 cm³/mol. The van der Waals surface area contributed by atoms with Crippen LogP contribution < -0.4 is 16.0 Å². The van der Waals surface area contributed by atoms with E-state index in [1.54, 1.807) is 49.3 Å². The summed E-state index contributed by atoms with van der Waals surface area (Å²) in [6.45, 7) is 15.7. The van der Waals surface area contributed by atoms with Gasteiger partial charge in [0.1, 0.15) is 12.1 Å². The molecule has 0 bridgehead atoms. The van der Waals surface area contributed by atoms with Crippen LogP contribution in [0.2, 0.25) is 0 Å². The third kappa shape index (κ3) is 9.86. The molecule has 0 aromatic heterocycles. The molecule has 1 saturated heterocycles. The van der Waals surface area contributed by atoms with Crippen LogP contribution >= 0.6 is 0 Å². The Morgan fingerprint density at radius 3 is 2.06 bits per heavy atom. The highest BCUT2D eigenvalue weighted by molar-refractivity contribution is 6.38. The largest absolute Gasteiger partial charge is 0.347 e. The van der Waals surface area contributed by atoms with Gasteiger partial charge in [-0.3, -0.25) is 28.8 Å². The lowest BCUT2D eigenvalue weighted by molar-refractivity contribution is -0.145. The number of Topliss-reactive ketones (excluding diaryl/α,β-unsaturated/α-hetero) is 3. The third-order valence-corrected chi connectivity index (χ3v) is 10.8. The Morgan fingerprint density at radius 2 is 1.52 bits per heavy atom. The first kappa shape index (κ1) is 40.7. The number of ketones is 3. The fourth-order valence-electron chi connectivity index (χ4n) is 7.61. The molecule has 12 nitrogen and oxygen atoms in total. The summed E-state index contributed by atoms with van der Waals surface area (Å²) in [7, 11) is 3.18. The minimum Gasteiger partial charge on any atom is -0.347 e. The Kier molecular flexibility index (Phi) is 12.1. The Balaban J connectivity index is 1.46. The van der Waals surface area contributed by atoms with Gasteiger partial charge in [-0.1, -0.05) is 77.8 Å². The molecular weight excluding hydrogens is 662 g/mol. The number of rotatable bonds is 15. The number of hydrogen-bond donors (Lipinski definition) is 3. The van der Waals surface area contributed by atoms with Gasteiger partial charge in [0, 0.05) is 51.4 Å². The molecule has 4 rings (SSSR count). The number of likely N-dealkylation sites (tertiary alicyclic amines) is 1. The Hall–Kier alpha value is -4.09. The number of amides is 5. The molecule has 12 heteroatoms. The number of nitrogens with one attached hydrogen (secondary N) is 3. The van der Waals surface area contributed by atoms with Gasteiger partial charge in [-0.05, 0) is 61.3 Å². The maximum absolute atomic E-state index is 14.3. The first-order valence-electron chi connectivity index (χ1n) is 18.6. The van der Waals surface area contributed by atoms with E-state index in [1.807, 2.05) is 41.5 Å². The minimum absolute atomic E-state index is 0.0912. The smallest absolute Gasteiger partial charge is 0.315 e. The number of urea groups is 1. The average Bonchev–Trinajstić information content (AvgIpc) is 3.90. The molecule has 0 radical (unpaired) electrons. The van der Waals surface area contributed by atoms with Crippen molar-refractivity contribution in [2.75, 3.05) is 20.6 Å². The van der Waals surface area contributed by atoms with Crippen LogP contribution in [0, 0.1) is 34.5 Å². The quantitative estimate of drug-likeness (QED) is 0.229. The fraction of sp³-hybridized carbons (Fsp3) is 0.675. The molecule has 1 aromatic carbocycles. The van der Waals surface area contributed by atoms with Gasteiger partial charge in [-0.15, -0.1) is 0 Å². The normalized spacial score (nSPS) is 22.3. The van der Waals surface area contributed by atoms with E-state index in [4.69, 9.17) is 0 Å². The van der Waals surface area contributed by atoms with Crippen molar-refractivity contribution < 1.29 is 33.6 Å². The van der Waals surface area contributed by atoms with E-state index in [0.717, 1.165) is 12.8 Å². The van der Waals surface area contributed by atoms with Gasteiger partial charge in [0.2, 0.25) is 23.5 Å². The first-order chi connectivity index (χ1) is 24.0. The minimum atomic E-state index is -0.941. The molecule has 2 unspecified atom stereocenters. The summed E-state index contributed by atoms with van der Waals surface area (Å²) in [5.74, 6) is -3.47. The van der Waals surface area contributed by atoms with Gasteiger partial charge >= 0.3 is 6.03 Å². The lowest BCUT2D eigenvalue weighted by Gasteiger charge is -2.38. The Bertz CT molecular complexity index is 1550. The molecule has 0 spiro atoms. The highest BCUT2D eigenvalue weighted by atomic mass is 16.2. The van der Waals surface area contributed by atoms with Crippen molar-refractivity contribution in [3.8, 4) is 0 Å². The summed E-state index contributed by atoms with van der Waals surface area (Å²) in [6, 6.07) is 5.69.